The van der Waals surface area contributed by atoms with Crippen LogP contribution < -0.4 is 10.6 Å². The standard InChI is InChI=1S/C24H18F2N8O/c1-3-14-4-6-16(28-9-14)12-33(17-10-30-34(13-17)24(25)26)23(35)15-5-7-20-18(8-15)21-19(22(27)31-20)11-29-32(21)2/h1,4-11,13,24H,12H2,2H3,(H2,27,31). The van der Waals surface area contributed by atoms with Crippen LogP contribution in [0, 0.1) is 12.3 Å². The molecule has 0 aliphatic rings. The number of carbonyl (C=O) groups is 1. The highest BCUT2D eigenvalue weighted by Gasteiger charge is 2.23. The van der Waals surface area contributed by atoms with Gasteiger partial charge in [0.25, 0.3) is 5.91 Å². The Labute approximate surface area is 197 Å². The monoisotopic (exact) mass is 472 g/mol. The van der Waals surface area contributed by atoms with Crippen molar-refractivity contribution in [3.8, 4) is 12.3 Å². The number of pyridine rings is 2. The second-order valence-corrected chi connectivity index (χ2v) is 7.79. The lowest BCUT2D eigenvalue weighted by molar-refractivity contribution is 0.0566. The van der Waals surface area contributed by atoms with Crippen molar-refractivity contribution in [1.29, 1.82) is 0 Å². The lowest BCUT2D eigenvalue weighted by atomic mass is 10.1. The molecule has 0 bridgehead atoms. The van der Waals surface area contributed by atoms with Gasteiger partial charge in [-0.05, 0) is 30.3 Å². The number of terminal acetylenes is 1. The van der Waals surface area contributed by atoms with Gasteiger partial charge < -0.3 is 5.73 Å². The maximum atomic E-state index is 13.7. The zero-order valence-corrected chi connectivity index (χ0v) is 18.4. The Balaban J connectivity index is 1.60. The molecule has 0 spiro atoms. The molecule has 4 heterocycles. The molecule has 0 aliphatic heterocycles. The summed E-state index contributed by atoms with van der Waals surface area (Å²) in [4.78, 5) is 23.7. The number of hydrogen-bond acceptors (Lipinski definition) is 6. The molecule has 5 rings (SSSR count). The Kier molecular flexibility index (Phi) is 5.33. The molecule has 5 aromatic rings. The summed E-state index contributed by atoms with van der Waals surface area (Å²) < 4.78 is 28.5. The van der Waals surface area contributed by atoms with Crippen molar-refractivity contribution < 1.29 is 13.6 Å². The van der Waals surface area contributed by atoms with Crippen LogP contribution in [0.4, 0.5) is 20.3 Å². The zero-order valence-electron chi connectivity index (χ0n) is 18.4. The van der Waals surface area contributed by atoms with E-state index in [-0.39, 0.29) is 12.2 Å². The van der Waals surface area contributed by atoms with Crippen LogP contribution in [0.5, 0.6) is 0 Å². The molecule has 0 saturated carbocycles. The van der Waals surface area contributed by atoms with Gasteiger partial charge >= 0.3 is 6.55 Å². The van der Waals surface area contributed by atoms with Crippen LogP contribution in [0.1, 0.15) is 28.2 Å². The van der Waals surface area contributed by atoms with Crippen molar-refractivity contribution in [3.05, 3.63) is 71.9 Å². The third-order valence-corrected chi connectivity index (χ3v) is 5.61. The quantitative estimate of drug-likeness (QED) is 0.392. The summed E-state index contributed by atoms with van der Waals surface area (Å²) in [7, 11) is 1.77. The lowest BCUT2D eigenvalue weighted by Gasteiger charge is -2.21. The summed E-state index contributed by atoms with van der Waals surface area (Å²) in [5.41, 5.74) is 9.00. The first kappa shape index (κ1) is 22.0. The summed E-state index contributed by atoms with van der Waals surface area (Å²) in [6.45, 7) is -2.83. The first-order valence-electron chi connectivity index (χ1n) is 10.4. The van der Waals surface area contributed by atoms with Gasteiger partial charge in [0.1, 0.15) is 5.82 Å². The van der Waals surface area contributed by atoms with E-state index in [0.717, 1.165) is 11.7 Å². The largest absolute Gasteiger partial charge is 0.383 e. The minimum Gasteiger partial charge on any atom is -0.383 e. The molecule has 2 N–H and O–H groups in total. The Morgan fingerprint density at radius 3 is 2.69 bits per heavy atom. The van der Waals surface area contributed by atoms with E-state index in [2.05, 4.69) is 26.1 Å². The molecule has 35 heavy (non-hydrogen) atoms. The van der Waals surface area contributed by atoms with E-state index in [9.17, 15) is 13.6 Å². The summed E-state index contributed by atoms with van der Waals surface area (Å²) in [6.07, 6.45) is 10.8. The predicted molar refractivity (Wildman–Crippen MR) is 127 cm³/mol. The highest BCUT2D eigenvalue weighted by atomic mass is 19.3. The molecule has 174 valence electrons. The minimum absolute atomic E-state index is 0.0117. The Morgan fingerprint density at radius 2 is 2.00 bits per heavy atom. The van der Waals surface area contributed by atoms with Gasteiger partial charge in [-0.1, -0.05) is 5.92 Å². The molecule has 11 heteroatoms. The van der Waals surface area contributed by atoms with Crippen LogP contribution in [0.2, 0.25) is 0 Å². The highest BCUT2D eigenvalue weighted by molar-refractivity contribution is 6.12. The fraction of sp³-hybridized carbons (Fsp3) is 0.125. The van der Waals surface area contributed by atoms with Crippen LogP contribution in [0.15, 0.2) is 55.1 Å². The first-order chi connectivity index (χ1) is 16.9. The molecule has 0 fully saturated rings. The number of anilines is 2. The number of carbonyl (C=O) groups excluding carboxylic acids is 1. The van der Waals surface area contributed by atoms with E-state index < -0.39 is 12.5 Å². The number of nitrogen functional groups attached to an aromatic ring is 1. The van der Waals surface area contributed by atoms with Gasteiger partial charge in [-0.15, -0.1) is 6.42 Å². The molecule has 0 radical (unpaired) electrons. The molecule has 4 aromatic heterocycles. The number of halogens is 2. The van der Waals surface area contributed by atoms with E-state index >= 15 is 0 Å². The van der Waals surface area contributed by atoms with Gasteiger partial charge in [0.15, 0.2) is 0 Å². The van der Waals surface area contributed by atoms with Gasteiger partial charge in [0.05, 0.1) is 52.9 Å². The minimum atomic E-state index is -2.84. The number of aromatic nitrogens is 6. The van der Waals surface area contributed by atoms with E-state index in [0.29, 0.717) is 43.6 Å². The SMILES string of the molecule is C#Cc1ccc(CN(C(=O)c2ccc3nc(N)c4cnn(C)c4c3c2)c2cnn(C(F)F)c2)nc1. The zero-order chi connectivity index (χ0) is 24.7. The number of fused-ring (bicyclic) bond motifs is 3. The summed E-state index contributed by atoms with van der Waals surface area (Å²) in [5.74, 6) is 2.38. The van der Waals surface area contributed by atoms with Crippen LogP contribution in [0.25, 0.3) is 21.8 Å². The number of benzene rings is 1. The highest BCUT2D eigenvalue weighted by Crippen LogP contribution is 2.29. The normalized spacial score (nSPS) is 11.3. The average molecular weight is 472 g/mol. The number of rotatable bonds is 5. The molecule has 0 saturated heterocycles. The van der Waals surface area contributed by atoms with Crippen molar-refractivity contribution in [3.63, 3.8) is 0 Å². The van der Waals surface area contributed by atoms with Gasteiger partial charge in [-0.25, -0.2) is 9.67 Å². The van der Waals surface area contributed by atoms with Gasteiger partial charge in [0.2, 0.25) is 0 Å². The Hall–Kier alpha value is -4.85. The second kappa shape index (κ2) is 8.49. The maximum absolute atomic E-state index is 13.7. The number of alkyl halides is 2. The van der Waals surface area contributed by atoms with Crippen molar-refractivity contribution in [2.75, 3.05) is 10.6 Å². The van der Waals surface area contributed by atoms with Gasteiger partial charge in [-0.2, -0.15) is 19.0 Å². The fourth-order valence-corrected chi connectivity index (χ4v) is 3.87. The molecule has 1 amide bonds. The summed E-state index contributed by atoms with van der Waals surface area (Å²) in [6, 6.07) is 8.36. The van der Waals surface area contributed by atoms with E-state index in [1.165, 1.54) is 17.3 Å². The number of hydrogen-bond donors (Lipinski definition) is 1. The maximum Gasteiger partial charge on any atom is 0.333 e. The summed E-state index contributed by atoms with van der Waals surface area (Å²) >= 11 is 0. The smallest absolute Gasteiger partial charge is 0.333 e. The molecule has 9 nitrogen and oxygen atoms in total. The van der Waals surface area contributed by atoms with E-state index in [1.54, 1.807) is 48.3 Å². The second-order valence-electron chi connectivity index (χ2n) is 7.79. The lowest BCUT2D eigenvalue weighted by Crippen LogP contribution is -2.30. The number of nitrogens with zero attached hydrogens (tertiary/aromatic N) is 7. The third kappa shape index (κ3) is 3.91. The van der Waals surface area contributed by atoms with E-state index in [1.807, 2.05) is 0 Å². The molecule has 1 aromatic carbocycles. The summed E-state index contributed by atoms with van der Waals surface area (Å²) in [5, 5.41) is 9.27. The predicted octanol–water partition coefficient (Wildman–Crippen LogP) is 3.52. The molecular formula is C24H18F2N8O. The van der Waals surface area contributed by atoms with Crippen LogP contribution in [-0.4, -0.2) is 35.4 Å². The van der Waals surface area contributed by atoms with Crippen molar-refractivity contribution >= 4 is 39.2 Å². The van der Waals surface area contributed by atoms with Crippen LogP contribution >= 0.6 is 0 Å². The Bertz CT molecular complexity index is 1610. The topological polar surface area (TPSA) is 108 Å². The van der Waals surface area contributed by atoms with Gasteiger partial charge in [0, 0.05) is 29.8 Å². The van der Waals surface area contributed by atoms with Crippen LogP contribution in [-0.2, 0) is 13.6 Å². The fourth-order valence-electron chi connectivity index (χ4n) is 3.87. The molecular weight excluding hydrogens is 454 g/mol. The number of nitrogens with two attached hydrogens (primary N) is 1. The first-order valence-corrected chi connectivity index (χ1v) is 10.4. The third-order valence-electron chi connectivity index (χ3n) is 5.61. The van der Waals surface area contributed by atoms with Crippen molar-refractivity contribution in [1.82, 2.24) is 29.5 Å². The molecule has 0 aliphatic carbocycles. The number of aryl methyl sites for hydroxylation is 1. The average Bonchev–Trinajstić information content (AvgIpc) is 3.50. The molecule has 0 atom stereocenters. The van der Waals surface area contributed by atoms with E-state index in [4.69, 9.17) is 12.2 Å². The van der Waals surface area contributed by atoms with Crippen molar-refractivity contribution in [2.24, 2.45) is 7.05 Å². The molecule has 0 unspecified atom stereocenters. The Morgan fingerprint density at radius 1 is 1.17 bits per heavy atom. The van der Waals surface area contributed by atoms with Crippen molar-refractivity contribution in [2.45, 2.75) is 13.1 Å². The number of amides is 1. The van der Waals surface area contributed by atoms with Crippen LogP contribution in [0.3, 0.4) is 0 Å². The van der Waals surface area contributed by atoms with Gasteiger partial charge in [-0.3, -0.25) is 19.4 Å².